The number of H-pyrrole nitrogens is 1. The van der Waals surface area contributed by atoms with Crippen molar-refractivity contribution in [1.82, 2.24) is 34.0 Å². The number of piperidine rings is 1. The molecule has 4 aromatic rings. The number of nitrogen functional groups attached to an aromatic ring is 1. The lowest BCUT2D eigenvalue weighted by Crippen LogP contribution is -2.38. The maximum absolute atomic E-state index is 11.8. The van der Waals surface area contributed by atoms with Crippen molar-refractivity contribution in [2.24, 2.45) is 0 Å². The van der Waals surface area contributed by atoms with Crippen LogP contribution in [0.5, 0.6) is 0 Å². The minimum atomic E-state index is -3.21. The molecule has 30 heavy (non-hydrogen) atoms. The third-order valence-electron chi connectivity index (χ3n) is 5.50. The number of anilines is 1. The summed E-state index contributed by atoms with van der Waals surface area (Å²) in [5.41, 5.74) is 8.60. The number of pyridine rings is 1. The molecular weight excluding hydrogens is 428 g/mol. The van der Waals surface area contributed by atoms with E-state index in [4.69, 9.17) is 22.4 Å². The summed E-state index contributed by atoms with van der Waals surface area (Å²) in [4.78, 5) is 16.1. The van der Waals surface area contributed by atoms with Crippen molar-refractivity contribution in [2.45, 2.75) is 18.9 Å². The highest BCUT2D eigenvalue weighted by molar-refractivity contribution is 7.88. The quantitative estimate of drug-likeness (QED) is 0.492. The fourth-order valence-electron chi connectivity index (χ4n) is 4.00. The van der Waals surface area contributed by atoms with Gasteiger partial charge in [-0.15, -0.1) is 0 Å². The van der Waals surface area contributed by atoms with E-state index in [9.17, 15) is 8.42 Å². The van der Waals surface area contributed by atoms with E-state index in [-0.39, 0.29) is 6.04 Å². The molecule has 0 unspecified atom stereocenters. The van der Waals surface area contributed by atoms with Crippen LogP contribution in [0.2, 0.25) is 5.02 Å². The fourth-order valence-corrected chi connectivity index (χ4v) is 5.16. The van der Waals surface area contributed by atoms with Crippen molar-refractivity contribution in [3.05, 3.63) is 29.7 Å². The van der Waals surface area contributed by atoms with E-state index >= 15 is 0 Å². The molecule has 5 heterocycles. The van der Waals surface area contributed by atoms with Crippen molar-refractivity contribution in [1.29, 1.82) is 0 Å². The van der Waals surface area contributed by atoms with Crippen LogP contribution in [0.15, 0.2) is 24.7 Å². The highest BCUT2D eigenvalue weighted by Crippen LogP contribution is 2.39. The van der Waals surface area contributed by atoms with Crippen molar-refractivity contribution in [3.63, 3.8) is 0 Å². The number of nitrogens with two attached hydrogens (primary N) is 1. The number of nitrogens with one attached hydrogen (secondary N) is 1. The van der Waals surface area contributed by atoms with Gasteiger partial charge in [0.15, 0.2) is 5.65 Å². The Morgan fingerprint density at radius 1 is 1.23 bits per heavy atom. The van der Waals surface area contributed by atoms with Gasteiger partial charge in [0.25, 0.3) is 0 Å². The molecule has 12 heteroatoms. The maximum atomic E-state index is 11.8. The second-order valence-corrected chi connectivity index (χ2v) is 9.72. The Labute approximate surface area is 177 Å². The number of aromatic nitrogens is 6. The van der Waals surface area contributed by atoms with E-state index in [0.29, 0.717) is 64.8 Å². The van der Waals surface area contributed by atoms with E-state index in [1.807, 2.05) is 16.8 Å². The Kier molecular flexibility index (Phi) is 4.42. The molecule has 0 aliphatic carbocycles. The predicted molar refractivity (Wildman–Crippen MR) is 115 cm³/mol. The molecule has 156 valence electrons. The first-order chi connectivity index (χ1) is 14.3. The van der Waals surface area contributed by atoms with Gasteiger partial charge in [0.1, 0.15) is 23.5 Å². The van der Waals surface area contributed by atoms with E-state index < -0.39 is 10.0 Å². The lowest BCUT2D eigenvalue weighted by atomic mass is 10.1. The summed E-state index contributed by atoms with van der Waals surface area (Å²) in [6.45, 7) is 0.857. The van der Waals surface area contributed by atoms with E-state index in [2.05, 4.69) is 19.9 Å². The first-order valence-electron chi connectivity index (χ1n) is 9.41. The molecule has 3 N–H and O–H groups in total. The predicted octanol–water partition coefficient (Wildman–Crippen LogP) is 2.20. The number of fused-ring (bicyclic) bond motifs is 2. The molecule has 0 radical (unpaired) electrons. The number of nitrogens with zero attached hydrogens (tertiary/aromatic N) is 6. The summed E-state index contributed by atoms with van der Waals surface area (Å²) in [5, 5.41) is 6.70. The smallest absolute Gasteiger partial charge is 0.211 e. The third kappa shape index (κ3) is 3.01. The molecule has 1 fully saturated rings. The zero-order valence-corrected chi connectivity index (χ0v) is 17.7. The van der Waals surface area contributed by atoms with Crippen LogP contribution in [0.4, 0.5) is 5.82 Å². The molecule has 0 spiro atoms. The Hall–Kier alpha value is -2.76. The minimum Gasteiger partial charge on any atom is -0.383 e. The van der Waals surface area contributed by atoms with Gasteiger partial charge in [0, 0.05) is 24.7 Å². The third-order valence-corrected chi connectivity index (χ3v) is 7.20. The molecule has 0 saturated carbocycles. The SMILES string of the molecule is CS(=O)(=O)N1CCC(n2nc(-c3[nH]c4ncccc4c3Cl)c3c(N)ncnc32)CC1. The Morgan fingerprint density at radius 3 is 2.70 bits per heavy atom. The van der Waals surface area contributed by atoms with Crippen molar-refractivity contribution in [2.75, 3.05) is 25.1 Å². The summed E-state index contributed by atoms with van der Waals surface area (Å²) in [7, 11) is -3.21. The van der Waals surface area contributed by atoms with Crippen molar-refractivity contribution < 1.29 is 8.42 Å². The lowest BCUT2D eigenvalue weighted by Gasteiger charge is -2.30. The number of hydrogen-bond donors (Lipinski definition) is 2. The molecular formula is C18H19ClN8O2S. The minimum absolute atomic E-state index is 0.0187. The molecule has 0 bridgehead atoms. The molecule has 1 saturated heterocycles. The molecule has 10 nitrogen and oxygen atoms in total. The molecule has 0 atom stereocenters. The van der Waals surface area contributed by atoms with Gasteiger partial charge in [-0.1, -0.05) is 11.6 Å². The van der Waals surface area contributed by atoms with Gasteiger partial charge in [-0.2, -0.15) is 5.10 Å². The standard InChI is InChI=1S/C18H19ClN8O2S/c1-30(28,29)26-7-4-10(5-8-26)27-18-12(16(20)22-9-23-18)14(25-27)15-13(19)11-3-2-6-21-17(11)24-15/h2-3,6,9-10H,4-5,7-8H2,1H3,(H,21,24)(H2,20,22,23). The zero-order valence-electron chi connectivity index (χ0n) is 16.1. The van der Waals surface area contributed by atoms with Gasteiger partial charge in [-0.25, -0.2) is 32.4 Å². The zero-order chi connectivity index (χ0) is 21.0. The van der Waals surface area contributed by atoms with Gasteiger partial charge < -0.3 is 10.7 Å². The second kappa shape index (κ2) is 6.89. The van der Waals surface area contributed by atoms with Crippen LogP contribution in [-0.4, -0.2) is 61.8 Å². The first-order valence-corrected chi connectivity index (χ1v) is 11.6. The van der Waals surface area contributed by atoms with Gasteiger partial charge >= 0.3 is 0 Å². The van der Waals surface area contributed by atoms with Gasteiger partial charge in [-0.05, 0) is 25.0 Å². The van der Waals surface area contributed by atoms with E-state index in [1.165, 1.54) is 16.9 Å². The van der Waals surface area contributed by atoms with Crippen LogP contribution < -0.4 is 5.73 Å². The van der Waals surface area contributed by atoms with Gasteiger partial charge in [-0.3, -0.25) is 0 Å². The van der Waals surface area contributed by atoms with Crippen molar-refractivity contribution in [3.8, 4) is 11.4 Å². The number of aromatic amines is 1. The largest absolute Gasteiger partial charge is 0.383 e. The average Bonchev–Trinajstić information content (AvgIpc) is 3.27. The summed E-state index contributed by atoms with van der Waals surface area (Å²) < 4.78 is 27.0. The van der Waals surface area contributed by atoms with Crippen LogP contribution >= 0.6 is 11.6 Å². The molecule has 1 aliphatic heterocycles. The van der Waals surface area contributed by atoms with Crippen LogP contribution in [0.1, 0.15) is 18.9 Å². The molecule has 4 aromatic heterocycles. The average molecular weight is 447 g/mol. The van der Waals surface area contributed by atoms with Crippen LogP contribution in [0.25, 0.3) is 33.5 Å². The summed E-state index contributed by atoms with van der Waals surface area (Å²) in [6.07, 6.45) is 5.56. The van der Waals surface area contributed by atoms with Crippen LogP contribution in [0.3, 0.4) is 0 Å². The molecule has 1 aliphatic rings. The number of sulfonamides is 1. The highest BCUT2D eigenvalue weighted by Gasteiger charge is 2.30. The highest BCUT2D eigenvalue weighted by atomic mass is 35.5. The fraction of sp³-hybridized carbons (Fsp3) is 0.333. The summed E-state index contributed by atoms with van der Waals surface area (Å²) in [5.74, 6) is 0.303. The lowest BCUT2D eigenvalue weighted by molar-refractivity contribution is 0.266. The first kappa shape index (κ1) is 19.2. The maximum Gasteiger partial charge on any atom is 0.211 e. The normalized spacial score (nSPS) is 16.6. The molecule has 0 amide bonds. The second-order valence-electron chi connectivity index (χ2n) is 7.36. The van der Waals surface area contributed by atoms with E-state index in [1.54, 1.807) is 6.20 Å². The Morgan fingerprint density at radius 2 is 2.00 bits per heavy atom. The topological polar surface area (TPSA) is 136 Å². The number of rotatable bonds is 3. The van der Waals surface area contributed by atoms with Gasteiger partial charge in [0.05, 0.1) is 28.4 Å². The Balaban J connectivity index is 1.64. The summed E-state index contributed by atoms with van der Waals surface area (Å²) >= 11 is 6.63. The Bertz CT molecular complexity index is 1370. The summed E-state index contributed by atoms with van der Waals surface area (Å²) in [6, 6.07) is 3.68. The number of halogens is 1. The van der Waals surface area contributed by atoms with E-state index in [0.717, 1.165) is 5.39 Å². The monoisotopic (exact) mass is 446 g/mol. The van der Waals surface area contributed by atoms with Gasteiger partial charge in [0.2, 0.25) is 10.0 Å². The van der Waals surface area contributed by atoms with Crippen LogP contribution in [0, 0.1) is 0 Å². The molecule has 0 aromatic carbocycles. The number of hydrogen-bond acceptors (Lipinski definition) is 7. The van der Waals surface area contributed by atoms with Crippen molar-refractivity contribution >= 4 is 49.5 Å². The molecule has 5 rings (SSSR count). The van der Waals surface area contributed by atoms with Crippen LogP contribution in [-0.2, 0) is 10.0 Å².